The molecule has 8 heteroatoms. The van der Waals surface area contributed by atoms with Crippen molar-refractivity contribution in [3.05, 3.63) is 24.3 Å². The second kappa shape index (κ2) is 6.57. The largest absolute Gasteiger partial charge is 0.435 e. The summed E-state index contributed by atoms with van der Waals surface area (Å²) in [5, 5.41) is 2.57. The summed E-state index contributed by atoms with van der Waals surface area (Å²) in [5.41, 5.74) is 0.315. The van der Waals surface area contributed by atoms with E-state index >= 15 is 0 Å². The van der Waals surface area contributed by atoms with Gasteiger partial charge in [-0.1, -0.05) is 0 Å². The molecular weight excluding hydrogens is 302 g/mol. The van der Waals surface area contributed by atoms with Crippen molar-refractivity contribution in [2.75, 3.05) is 11.3 Å². The predicted octanol–water partition coefficient (Wildman–Crippen LogP) is 2.17. The van der Waals surface area contributed by atoms with Gasteiger partial charge in [0.15, 0.2) is 0 Å². The Kier molecular flexibility index (Phi) is 5.00. The van der Waals surface area contributed by atoms with Gasteiger partial charge in [0.1, 0.15) is 5.75 Å². The molecular formula is C13H18F2N2O3S. The van der Waals surface area contributed by atoms with E-state index < -0.39 is 21.9 Å². The summed E-state index contributed by atoms with van der Waals surface area (Å²) in [6.07, 6.45) is 2.18. The highest BCUT2D eigenvalue weighted by atomic mass is 32.2. The monoisotopic (exact) mass is 320 g/mol. The molecule has 1 aromatic carbocycles. The molecule has 0 radical (unpaired) electrons. The zero-order valence-corrected chi connectivity index (χ0v) is 12.4. The number of nitrogens with one attached hydrogen (secondary N) is 2. The second-order valence-corrected chi connectivity index (χ2v) is 7.14. The van der Waals surface area contributed by atoms with Crippen molar-refractivity contribution in [3.63, 3.8) is 0 Å². The molecule has 1 atom stereocenters. The maximum absolute atomic E-state index is 12.1. The van der Waals surface area contributed by atoms with Crippen LogP contribution in [0.5, 0.6) is 5.75 Å². The number of sulfonamides is 1. The van der Waals surface area contributed by atoms with Crippen molar-refractivity contribution in [1.82, 2.24) is 5.32 Å². The van der Waals surface area contributed by atoms with E-state index in [1.54, 1.807) is 6.92 Å². The van der Waals surface area contributed by atoms with E-state index in [-0.39, 0.29) is 5.75 Å². The summed E-state index contributed by atoms with van der Waals surface area (Å²) in [4.78, 5) is 0. The van der Waals surface area contributed by atoms with Gasteiger partial charge >= 0.3 is 6.61 Å². The minimum Gasteiger partial charge on any atom is -0.435 e. The van der Waals surface area contributed by atoms with Crippen LogP contribution >= 0.6 is 0 Å². The molecule has 1 fully saturated rings. The first-order chi connectivity index (χ1) is 9.87. The Morgan fingerprint density at radius 1 is 1.29 bits per heavy atom. The van der Waals surface area contributed by atoms with Gasteiger partial charge in [0, 0.05) is 18.3 Å². The highest BCUT2D eigenvalue weighted by Gasteiger charge is 2.25. The summed E-state index contributed by atoms with van der Waals surface area (Å²) in [7, 11) is -3.52. The van der Waals surface area contributed by atoms with Crippen LogP contribution in [0.3, 0.4) is 0 Å². The summed E-state index contributed by atoms with van der Waals surface area (Å²) >= 11 is 0. The molecule has 0 amide bonds. The van der Waals surface area contributed by atoms with Crippen LogP contribution in [-0.4, -0.2) is 32.9 Å². The van der Waals surface area contributed by atoms with Crippen LogP contribution in [0.4, 0.5) is 14.5 Å². The lowest BCUT2D eigenvalue weighted by molar-refractivity contribution is -0.0498. The number of halogens is 2. The van der Waals surface area contributed by atoms with Crippen molar-refractivity contribution in [2.24, 2.45) is 0 Å². The molecule has 2 N–H and O–H groups in total. The lowest BCUT2D eigenvalue weighted by atomic mass is 10.3. The number of anilines is 1. The van der Waals surface area contributed by atoms with Gasteiger partial charge in [-0.25, -0.2) is 8.42 Å². The maximum atomic E-state index is 12.1. The third-order valence-electron chi connectivity index (χ3n) is 3.14. The summed E-state index contributed by atoms with van der Waals surface area (Å²) in [6, 6.07) is 5.79. The van der Waals surface area contributed by atoms with E-state index in [1.807, 2.05) is 0 Å². The van der Waals surface area contributed by atoms with Crippen LogP contribution in [0.2, 0.25) is 0 Å². The van der Waals surface area contributed by atoms with Gasteiger partial charge in [-0.2, -0.15) is 8.78 Å². The summed E-state index contributed by atoms with van der Waals surface area (Å²) in [5.74, 6) is -0.0172. The molecule has 0 spiro atoms. The molecule has 118 valence electrons. The Balaban J connectivity index is 1.91. The molecule has 2 rings (SSSR count). The van der Waals surface area contributed by atoms with Crippen LogP contribution < -0.4 is 14.8 Å². The average Bonchev–Trinajstić information content (AvgIpc) is 3.21. The van der Waals surface area contributed by atoms with Crippen LogP contribution in [0.15, 0.2) is 24.3 Å². The number of hydrogen-bond acceptors (Lipinski definition) is 4. The van der Waals surface area contributed by atoms with Crippen LogP contribution in [0.25, 0.3) is 0 Å². The Morgan fingerprint density at radius 3 is 2.43 bits per heavy atom. The zero-order valence-electron chi connectivity index (χ0n) is 11.6. The molecule has 0 bridgehead atoms. The van der Waals surface area contributed by atoms with Crippen molar-refractivity contribution >= 4 is 15.7 Å². The summed E-state index contributed by atoms with van der Waals surface area (Å²) < 4.78 is 54.8. The molecule has 0 aliphatic heterocycles. The molecule has 0 saturated heterocycles. The van der Waals surface area contributed by atoms with Gasteiger partial charge in [0.2, 0.25) is 10.0 Å². The van der Waals surface area contributed by atoms with E-state index in [9.17, 15) is 17.2 Å². The van der Waals surface area contributed by atoms with Crippen molar-refractivity contribution in [3.8, 4) is 5.75 Å². The smallest absolute Gasteiger partial charge is 0.387 e. The Labute approximate surface area is 122 Å². The van der Waals surface area contributed by atoms with Crippen LogP contribution in [0.1, 0.15) is 19.8 Å². The normalized spacial score (nSPS) is 16.8. The minimum atomic E-state index is -3.52. The first kappa shape index (κ1) is 16.0. The standard InChI is InChI=1S/C13H18F2N2O3S/c1-9(8-16-10-2-3-10)21(18,19)17-11-4-6-12(7-5-11)20-13(14)15/h4-7,9-10,13,16-17H,2-3,8H2,1H3. The second-order valence-electron chi connectivity index (χ2n) is 5.04. The Morgan fingerprint density at radius 2 is 1.90 bits per heavy atom. The molecule has 21 heavy (non-hydrogen) atoms. The van der Waals surface area contributed by atoms with E-state index in [0.717, 1.165) is 12.8 Å². The maximum Gasteiger partial charge on any atom is 0.387 e. The van der Waals surface area contributed by atoms with Gasteiger partial charge in [-0.05, 0) is 44.0 Å². The lowest BCUT2D eigenvalue weighted by Crippen LogP contribution is -2.35. The highest BCUT2D eigenvalue weighted by molar-refractivity contribution is 7.93. The number of hydrogen-bond donors (Lipinski definition) is 2. The molecule has 1 aliphatic rings. The van der Waals surface area contributed by atoms with Gasteiger partial charge < -0.3 is 10.1 Å². The van der Waals surface area contributed by atoms with Gasteiger partial charge in [0.25, 0.3) is 0 Å². The Hall–Kier alpha value is -1.41. The predicted molar refractivity (Wildman–Crippen MR) is 76.1 cm³/mol. The van der Waals surface area contributed by atoms with Crippen molar-refractivity contribution < 1.29 is 21.9 Å². The third-order valence-corrected chi connectivity index (χ3v) is 4.89. The molecule has 1 aliphatic carbocycles. The minimum absolute atomic E-state index is 0.0172. The highest BCUT2D eigenvalue weighted by Crippen LogP contribution is 2.21. The fourth-order valence-corrected chi connectivity index (χ4v) is 2.68. The molecule has 1 aromatic rings. The number of ether oxygens (including phenoxy) is 1. The topological polar surface area (TPSA) is 67.4 Å². The van der Waals surface area contributed by atoms with Crippen LogP contribution in [-0.2, 0) is 10.0 Å². The molecule has 0 heterocycles. The fraction of sp³-hybridized carbons (Fsp3) is 0.538. The zero-order chi connectivity index (χ0) is 15.5. The van der Waals surface area contributed by atoms with Crippen LogP contribution in [0, 0.1) is 0 Å². The number of rotatable bonds is 8. The van der Waals surface area contributed by atoms with E-state index in [1.165, 1.54) is 24.3 Å². The molecule has 0 aromatic heterocycles. The van der Waals surface area contributed by atoms with Crippen molar-refractivity contribution in [1.29, 1.82) is 0 Å². The Bertz CT molecular complexity index is 559. The molecule has 1 saturated carbocycles. The lowest BCUT2D eigenvalue weighted by Gasteiger charge is -2.15. The average molecular weight is 320 g/mol. The number of alkyl halides is 2. The fourth-order valence-electron chi connectivity index (χ4n) is 1.70. The quantitative estimate of drug-likeness (QED) is 0.770. The van der Waals surface area contributed by atoms with Gasteiger partial charge in [-0.15, -0.1) is 0 Å². The van der Waals surface area contributed by atoms with E-state index in [4.69, 9.17) is 0 Å². The third kappa shape index (κ3) is 5.13. The first-order valence-corrected chi connectivity index (χ1v) is 8.21. The SMILES string of the molecule is CC(CNC1CC1)S(=O)(=O)Nc1ccc(OC(F)F)cc1. The first-order valence-electron chi connectivity index (χ1n) is 6.67. The molecule has 1 unspecified atom stereocenters. The molecule has 5 nitrogen and oxygen atoms in total. The van der Waals surface area contributed by atoms with Crippen molar-refractivity contribution in [2.45, 2.75) is 37.7 Å². The number of benzene rings is 1. The van der Waals surface area contributed by atoms with Gasteiger partial charge in [0.05, 0.1) is 5.25 Å². The van der Waals surface area contributed by atoms with Gasteiger partial charge in [-0.3, -0.25) is 4.72 Å². The van der Waals surface area contributed by atoms with E-state index in [0.29, 0.717) is 18.3 Å². The van der Waals surface area contributed by atoms with E-state index in [2.05, 4.69) is 14.8 Å². The summed E-state index contributed by atoms with van der Waals surface area (Å²) in [6.45, 7) is -0.903.